The first-order valence-corrected chi connectivity index (χ1v) is 4.91. The Kier molecular flexibility index (Phi) is 3.69. The second-order valence-electron chi connectivity index (χ2n) is 3.43. The van der Waals surface area contributed by atoms with E-state index < -0.39 is 0 Å². The normalized spacial score (nSPS) is 9.93. The van der Waals surface area contributed by atoms with Gasteiger partial charge in [0.25, 0.3) is 0 Å². The van der Waals surface area contributed by atoms with Crippen LogP contribution in [0.1, 0.15) is 31.4 Å². The Balaban J connectivity index is 2.88. The van der Waals surface area contributed by atoms with Gasteiger partial charge in [-0.3, -0.25) is 4.79 Å². The van der Waals surface area contributed by atoms with E-state index in [0.29, 0.717) is 5.75 Å². The van der Waals surface area contributed by atoms with Crippen molar-refractivity contribution < 1.29 is 9.53 Å². The quantitative estimate of drug-likeness (QED) is 0.543. The maximum atomic E-state index is 10.7. The van der Waals surface area contributed by atoms with Gasteiger partial charge in [0.1, 0.15) is 5.75 Å². The molecular formula is C12H16O2. The number of carbonyl (C=O) groups excluding carboxylic acids is 1. The number of benzene rings is 1. The highest BCUT2D eigenvalue weighted by Gasteiger charge is 2.02. The van der Waals surface area contributed by atoms with Crippen LogP contribution in [0.4, 0.5) is 0 Å². The minimum absolute atomic E-state index is 0.267. The monoisotopic (exact) mass is 192 g/mol. The first kappa shape index (κ1) is 10.8. The Hall–Kier alpha value is -1.31. The van der Waals surface area contributed by atoms with Crippen molar-refractivity contribution in [1.29, 1.82) is 0 Å². The smallest absolute Gasteiger partial charge is 0.308 e. The molecule has 1 rings (SSSR count). The van der Waals surface area contributed by atoms with Crippen LogP contribution in [0.25, 0.3) is 0 Å². The number of ether oxygens (including phenoxy) is 1. The van der Waals surface area contributed by atoms with E-state index in [1.54, 1.807) is 0 Å². The van der Waals surface area contributed by atoms with Crippen LogP contribution in [-0.4, -0.2) is 5.97 Å². The Morgan fingerprint density at radius 2 is 2.14 bits per heavy atom. The molecule has 0 bridgehead atoms. The van der Waals surface area contributed by atoms with Crippen molar-refractivity contribution in [2.45, 2.75) is 33.6 Å². The van der Waals surface area contributed by atoms with Crippen molar-refractivity contribution in [3.8, 4) is 5.75 Å². The molecule has 0 spiro atoms. The number of hydrogen-bond acceptors (Lipinski definition) is 2. The molecule has 0 aromatic heterocycles. The van der Waals surface area contributed by atoms with E-state index >= 15 is 0 Å². The summed E-state index contributed by atoms with van der Waals surface area (Å²) in [6, 6.07) is 5.76. The van der Waals surface area contributed by atoms with Crippen molar-refractivity contribution in [2.24, 2.45) is 0 Å². The van der Waals surface area contributed by atoms with Gasteiger partial charge in [-0.15, -0.1) is 0 Å². The van der Waals surface area contributed by atoms with E-state index in [4.69, 9.17) is 4.74 Å². The van der Waals surface area contributed by atoms with Crippen molar-refractivity contribution >= 4 is 5.97 Å². The van der Waals surface area contributed by atoms with Gasteiger partial charge in [0, 0.05) is 6.92 Å². The number of esters is 1. The maximum absolute atomic E-state index is 10.7. The van der Waals surface area contributed by atoms with Crippen molar-refractivity contribution in [3.63, 3.8) is 0 Å². The number of hydrogen-bond donors (Lipinski definition) is 0. The largest absolute Gasteiger partial charge is 0.427 e. The highest BCUT2D eigenvalue weighted by Crippen LogP contribution is 2.18. The number of aryl methyl sites for hydroxylation is 2. The van der Waals surface area contributed by atoms with Crippen LogP contribution in [0, 0.1) is 6.92 Å². The molecule has 0 fully saturated rings. The summed E-state index contributed by atoms with van der Waals surface area (Å²) in [5.41, 5.74) is 2.51. The van der Waals surface area contributed by atoms with Crippen LogP contribution in [0.5, 0.6) is 5.75 Å². The van der Waals surface area contributed by atoms with Gasteiger partial charge in [-0.2, -0.15) is 0 Å². The summed E-state index contributed by atoms with van der Waals surface area (Å²) in [6.07, 6.45) is 2.13. The fourth-order valence-corrected chi connectivity index (χ4v) is 1.42. The van der Waals surface area contributed by atoms with Crippen LogP contribution in [-0.2, 0) is 11.2 Å². The van der Waals surface area contributed by atoms with Crippen molar-refractivity contribution in [3.05, 3.63) is 29.3 Å². The second kappa shape index (κ2) is 4.80. The van der Waals surface area contributed by atoms with Crippen LogP contribution >= 0.6 is 0 Å². The zero-order chi connectivity index (χ0) is 10.6. The average molecular weight is 192 g/mol. The number of rotatable bonds is 3. The molecule has 1 aromatic rings. The first-order chi connectivity index (χ1) is 6.63. The van der Waals surface area contributed by atoms with Gasteiger partial charge in [-0.05, 0) is 36.6 Å². The molecule has 14 heavy (non-hydrogen) atoms. The van der Waals surface area contributed by atoms with Gasteiger partial charge in [-0.25, -0.2) is 0 Å². The van der Waals surface area contributed by atoms with Crippen LogP contribution in [0.3, 0.4) is 0 Å². The third-order valence-corrected chi connectivity index (χ3v) is 2.10. The lowest BCUT2D eigenvalue weighted by molar-refractivity contribution is -0.131. The lowest BCUT2D eigenvalue weighted by atomic mass is 10.0. The van der Waals surface area contributed by atoms with Gasteiger partial charge < -0.3 is 4.74 Å². The molecule has 1 aromatic carbocycles. The van der Waals surface area contributed by atoms with E-state index in [-0.39, 0.29) is 5.97 Å². The summed E-state index contributed by atoms with van der Waals surface area (Å²) in [5, 5.41) is 0. The van der Waals surface area contributed by atoms with E-state index in [0.717, 1.165) is 12.8 Å². The van der Waals surface area contributed by atoms with Gasteiger partial charge >= 0.3 is 5.97 Å². The molecule has 0 saturated carbocycles. The second-order valence-corrected chi connectivity index (χ2v) is 3.43. The molecule has 0 N–H and O–H groups in total. The molecule has 0 amide bonds. The van der Waals surface area contributed by atoms with Gasteiger partial charge in [0.05, 0.1) is 0 Å². The third-order valence-electron chi connectivity index (χ3n) is 2.10. The Bertz CT molecular complexity index is 329. The molecule has 0 atom stereocenters. The summed E-state index contributed by atoms with van der Waals surface area (Å²) < 4.78 is 5.02. The standard InChI is InChI=1S/C12H16O2/c1-4-5-11-8-12(14-10(3)13)7-6-9(11)2/h6-8H,4-5H2,1-3H3. The predicted molar refractivity (Wildman–Crippen MR) is 56.5 cm³/mol. The minimum atomic E-state index is -0.267. The molecule has 0 saturated heterocycles. The lowest BCUT2D eigenvalue weighted by Crippen LogP contribution is -2.02. The minimum Gasteiger partial charge on any atom is -0.427 e. The zero-order valence-electron chi connectivity index (χ0n) is 8.96. The van der Waals surface area contributed by atoms with Crippen LogP contribution in [0.2, 0.25) is 0 Å². The molecule has 0 aliphatic carbocycles. The van der Waals surface area contributed by atoms with Gasteiger partial charge in [0.15, 0.2) is 0 Å². The van der Waals surface area contributed by atoms with E-state index in [2.05, 4.69) is 13.8 Å². The average Bonchev–Trinajstić information content (AvgIpc) is 2.10. The summed E-state index contributed by atoms with van der Waals surface area (Å²) in [7, 11) is 0. The molecule has 0 aliphatic rings. The maximum Gasteiger partial charge on any atom is 0.308 e. The molecule has 0 radical (unpaired) electrons. The molecule has 0 unspecified atom stereocenters. The Labute approximate surface area is 84.9 Å². The molecule has 2 heteroatoms. The molecule has 0 heterocycles. The Morgan fingerprint density at radius 1 is 1.43 bits per heavy atom. The van der Waals surface area contributed by atoms with Crippen molar-refractivity contribution in [1.82, 2.24) is 0 Å². The fraction of sp³-hybridized carbons (Fsp3) is 0.417. The molecule has 0 aliphatic heterocycles. The SMILES string of the molecule is CCCc1cc(OC(C)=O)ccc1C. The zero-order valence-corrected chi connectivity index (χ0v) is 8.96. The van der Waals surface area contributed by atoms with Gasteiger partial charge in [-0.1, -0.05) is 19.4 Å². The summed E-state index contributed by atoms with van der Waals surface area (Å²) >= 11 is 0. The molecule has 2 nitrogen and oxygen atoms in total. The molecular weight excluding hydrogens is 176 g/mol. The predicted octanol–water partition coefficient (Wildman–Crippen LogP) is 2.87. The highest BCUT2D eigenvalue weighted by atomic mass is 16.5. The van der Waals surface area contributed by atoms with E-state index in [9.17, 15) is 4.79 Å². The number of carbonyl (C=O) groups is 1. The summed E-state index contributed by atoms with van der Waals surface area (Å²) in [5.74, 6) is 0.378. The van der Waals surface area contributed by atoms with Crippen LogP contribution in [0.15, 0.2) is 18.2 Å². The Morgan fingerprint density at radius 3 is 2.71 bits per heavy atom. The van der Waals surface area contributed by atoms with Gasteiger partial charge in [0.2, 0.25) is 0 Å². The fourth-order valence-electron chi connectivity index (χ4n) is 1.42. The van der Waals surface area contributed by atoms with E-state index in [1.807, 2.05) is 18.2 Å². The highest BCUT2D eigenvalue weighted by molar-refractivity contribution is 5.69. The van der Waals surface area contributed by atoms with E-state index in [1.165, 1.54) is 18.1 Å². The van der Waals surface area contributed by atoms with Crippen LogP contribution < -0.4 is 4.74 Å². The lowest BCUT2D eigenvalue weighted by Gasteiger charge is -2.07. The third kappa shape index (κ3) is 2.87. The topological polar surface area (TPSA) is 26.3 Å². The first-order valence-electron chi connectivity index (χ1n) is 4.91. The summed E-state index contributed by atoms with van der Waals surface area (Å²) in [4.78, 5) is 10.7. The summed E-state index contributed by atoms with van der Waals surface area (Å²) in [6.45, 7) is 5.62. The molecule has 76 valence electrons. The van der Waals surface area contributed by atoms with Crippen molar-refractivity contribution in [2.75, 3.05) is 0 Å².